The van der Waals surface area contributed by atoms with Crippen molar-refractivity contribution >= 4 is 0 Å². The molecule has 2 aromatic carbocycles. The molecule has 1 aromatic heterocycles. The van der Waals surface area contributed by atoms with Crippen LogP contribution in [0.5, 0.6) is 0 Å². The van der Waals surface area contributed by atoms with Crippen LogP contribution in [0.3, 0.4) is 0 Å². The van der Waals surface area contributed by atoms with Gasteiger partial charge in [0.15, 0.2) is 0 Å². The molecule has 3 nitrogen and oxygen atoms in total. The lowest BCUT2D eigenvalue weighted by Crippen LogP contribution is -2.05. The Bertz CT molecular complexity index is 749. The zero-order valence-corrected chi connectivity index (χ0v) is 11.6. The smallest absolute Gasteiger partial charge is 0.113 e. The van der Waals surface area contributed by atoms with Gasteiger partial charge < -0.3 is 4.57 Å². The van der Waals surface area contributed by atoms with Gasteiger partial charge >= 0.3 is 0 Å². The summed E-state index contributed by atoms with van der Waals surface area (Å²) in [6.07, 6.45) is 4.61. The van der Waals surface area contributed by atoms with Crippen LogP contribution < -0.4 is 0 Å². The van der Waals surface area contributed by atoms with Crippen LogP contribution in [0.1, 0.15) is 22.5 Å². The van der Waals surface area contributed by atoms with Gasteiger partial charge in [-0.15, -0.1) is 0 Å². The van der Waals surface area contributed by atoms with Crippen molar-refractivity contribution in [2.45, 2.75) is 13.0 Å². The molecule has 0 atom stereocenters. The number of hydrogen-bond donors (Lipinski definition) is 0. The fourth-order valence-corrected chi connectivity index (χ4v) is 2.31. The predicted molar refractivity (Wildman–Crippen MR) is 81.7 cm³/mol. The first-order valence-corrected chi connectivity index (χ1v) is 6.88. The van der Waals surface area contributed by atoms with Crippen LogP contribution in [0.15, 0.2) is 67.0 Å². The Labute approximate surface area is 124 Å². The first-order valence-electron chi connectivity index (χ1n) is 6.88. The van der Waals surface area contributed by atoms with Crippen molar-refractivity contribution in [3.63, 3.8) is 0 Å². The van der Waals surface area contributed by atoms with Crippen LogP contribution in [-0.2, 0) is 13.0 Å². The molecular weight excluding hydrogens is 258 g/mol. The van der Waals surface area contributed by atoms with Crippen molar-refractivity contribution < 1.29 is 0 Å². The zero-order chi connectivity index (χ0) is 14.5. The van der Waals surface area contributed by atoms with Crippen LogP contribution in [0, 0.1) is 11.3 Å². The molecule has 0 N–H and O–H groups in total. The Kier molecular flexibility index (Phi) is 3.79. The van der Waals surface area contributed by atoms with Crippen LogP contribution in [0.25, 0.3) is 0 Å². The highest BCUT2D eigenvalue weighted by Crippen LogP contribution is 2.11. The molecule has 0 unspecified atom stereocenters. The Balaban J connectivity index is 1.77. The molecular formula is C18H15N3. The zero-order valence-electron chi connectivity index (χ0n) is 11.6. The number of aromatic nitrogens is 2. The van der Waals surface area contributed by atoms with Crippen molar-refractivity contribution in [2.24, 2.45) is 0 Å². The maximum absolute atomic E-state index is 8.83. The molecule has 0 saturated heterocycles. The molecule has 0 aliphatic heterocycles. The highest BCUT2D eigenvalue weighted by molar-refractivity contribution is 5.32. The lowest BCUT2D eigenvalue weighted by Gasteiger charge is -2.08. The first-order chi connectivity index (χ1) is 10.3. The number of hydrogen-bond acceptors (Lipinski definition) is 2. The number of nitrogens with zero attached hydrogens (tertiary/aromatic N) is 3. The lowest BCUT2D eigenvalue weighted by molar-refractivity contribution is 0.740. The summed E-state index contributed by atoms with van der Waals surface area (Å²) >= 11 is 0. The Morgan fingerprint density at radius 2 is 1.71 bits per heavy atom. The van der Waals surface area contributed by atoms with Gasteiger partial charge in [0.05, 0.1) is 11.6 Å². The maximum atomic E-state index is 8.83. The fourth-order valence-electron chi connectivity index (χ4n) is 2.31. The van der Waals surface area contributed by atoms with E-state index in [0.29, 0.717) is 5.56 Å². The van der Waals surface area contributed by atoms with Gasteiger partial charge in [0.2, 0.25) is 0 Å². The highest BCUT2D eigenvalue weighted by Gasteiger charge is 2.05. The van der Waals surface area contributed by atoms with Gasteiger partial charge in [-0.25, -0.2) is 4.98 Å². The van der Waals surface area contributed by atoms with E-state index in [0.717, 1.165) is 24.4 Å². The second-order valence-electron chi connectivity index (χ2n) is 4.94. The van der Waals surface area contributed by atoms with Gasteiger partial charge in [-0.1, -0.05) is 42.5 Å². The van der Waals surface area contributed by atoms with E-state index in [-0.39, 0.29) is 0 Å². The Hall–Kier alpha value is -2.86. The quantitative estimate of drug-likeness (QED) is 0.731. The molecule has 0 aliphatic carbocycles. The summed E-state index contributed by atoms with van der Waals surface area (Å²) in [7, 11) is 0. The van der Waals surface area contributed by atoms with E-state index < -0.39 is 0 Å². The normalized spacial score (nSPS) is 10.2. The predicted octanol–water partition coefficient (Wildman–Crippen LogP) is 3.39. The summed E-state index contributed by atoms with van der Waals surface area (Å²) < 4.78 is 2.16. The molecule has 0 saturated carbocycles. The highest BCUT2D eigenvalue weighted by atomic mass is 15.1. The number of imidazole rings is 1. The van der Waals surface area contributed by atoms with Gasteiger partial charge in [-0.2, -0.15) is 5.26 Å². The van der Waals surface area contributed by atoms with Gasteiger partial charge in [0, 0.05) is 25.4 Å². The molecule has 0 amide bonds. The van der Waals surface area contributed by atoms with Crippen molar-refractivity contribution in [3.05, 3.63) is 89.5 Å². The van der Waals surface area contributed by atoms with Crippen LogP contribution >= 0.6 is 0 Å². The Morgan fingerprint density at radius 3 is 2.43 bits per heavy atom. The summed E-state index contributed by atoms with van der Waals surface area (Å²) in [6, 6.07) is 20.2. The second kappa shape index (κ2) is 6.06. The maximum Gasteiger partial charge on any atom is 0.113 e. The minimum atomic E-state index is 0.686. The average Bonchev–Trinajstić information content (AvgIpc) is 2.96. The van der Waals surface area contributed by atoms with Crippen molar-refractivity contribution in [1.29, 1.82) is 5.26 Å². The molecule has 0 bridgehead atoms. The van der Waals surface area contributed by atoms with E-state index in [4.69, 9.17) is 5.26 Å². The molecule has 1 heterocycles. The van der Waals surface area contributed by atoms with E-state index >= 15 is 0 Å². The van der Waals surface area contributed by atoms with E-state index in [1.54, 1.807) is 0 Å². The molecule has 0 fully saturated rings. The van der Waals surface area contributed by atoms with Crippen molar-refractivity contribution in [2.75, 3.05) is 0 Å². The molecule has 3 rings (SSSR count). The van der Waals surface area contributed by atoms with Crippen LogP contribution in [0.2, 0.25) is 0 Å². The van der Waals surface area contributed by atoms with Gasteiger partial charge in [0.1, 0.15) is 5.82 Å². The SMILES string of the molecule is N#Cc1ccc(Cc2nccn2Cc2ccccc2)cc1. The van der Waals surface area contributed by atoms with E-state index in [9.17, 15) is 0 Å². The fraction of sp³-hybridized carbons (Fsp3) is 0.111. The molecule has 102 valence electrons. The largest absolute Gasteiger partial charge is 0.330 e. The number of nitriles is 1. The van der Waals surface area contributed by atoms with Crippen LogP contribution in [-0.4, -0.2) is 9.55 Å². The molecule has 3 aromatic rings. The van der Waals surface area contributed by atoms with Crippen LogP contribution in [0.4, 0.5) is 0 Å². The third-order valence-corrected chi connectivity index (χ3v) is 3.44. The summed E-state index contributed by atoms with van der Waals surface area (Å²) in [4.78, 5) is 4.45. The summed E-state index contributed by atoms with van der Waals surface area (Å²) in [5.74, 6) is 1.03. The molecule has 0 aliphatic rings. The molecule has 0 spiro atoms. The minimum Gasteiger partial charge on any atom is -0.330 e. The van der Waals surface area contributed by atoms with Gasteiger partial charge in [-0.05, 0) is 23.3 Å². The topological polar surface area (TPSA) is 41.6 Å². The number of benzene rings is 2. The third-order valence-electron chi connectivity index (χ3n) is 3.44. The van der Waals surface area contributed by atoms with E-state index in [1.165, 1.54) is 5.56 Å². The van der Waals surface area contributed by atoms with E-state index in [2.05, 4.69) is 27.8 Å². The lowest BCUT2D eigenvalue weighted by atomic mass is 10.1. The summed E-state index contributed by atoms with van der Waals surface area (Å²) in [6.45, 7) is 0.826. The van der Waals surface area contributed by atoms with Crippen molar-refractivity contribution in [3.8, 4) is 6.07 Å². The summed E-state index contributed by atoms with van der Waals surface area (Å²) in [5.41, 5.74) is 3.11. The second-order valence-corrected chi connectivity index (χ2v) is 4.94. The van der Waals surface area contributed by atoms with Gasteiger partial charge in [-0.3, -0.25) is 0 Å². The first kappa shape index (κ1) is 13.1. The van der Waals surface area contributed by atoms with E-state index in [1.807, 2.05) is 54.9 Å². The molecule has 0 radical (unpaired) electrons. The number of rotatable bonds is 4. The average molecular weight is 273 g/mol. The standard InChI is InChI=1S/C18H15N3/c19-13-16-8-6-15(7-9-16)12-18-20-10-11-21(18)14-17-4-2-1-3-5-17/h1-11H,12,14H2. The Morgan fingerprint density at radius 1 is 0.952 bits per heavy atom. The molecule has 3 heteroatoms. The van der Waals surface area contributed by atoms with Gasteiger partial charge in [0.25, 0.3) is 0 Å². The monoisotopic (exact) mass is 273 g/mol. The molecule has 21 heavy (non-hydrogen) atoms. The third kappa shape index (κ3) is 3.18. The summed E-state index contributed by atoms with van der Waals surface area (Å²) in [5, 5.41) is 8.83. The van der Waals surface area contributed by atoms with Crippen molar-refractivity contribution in [1.82, 2.24) is 9.55 Å². The minimum absolute atomic E-state index is 0.686.